The maximum atomic E-state index is 12.9. The zero-order chi connectivity index (χ0) is 23.2. The number of nitrogens with one attached hydrogen (secondary N) is 1. The summed E-state index contributed by atoms with van der Waals surface area (Å²) in [6.07, 6.45) is 0.874. The molecule has 0 saturated carbocycles. The van der Waals surface area contributed by atoms with Crippen molar-refractivity contribution in [1.29, 1.82) is 0 Å². The Labute approximate surface area is 186 Å². The molecule has 1 aliphatic rings. The van der Waals surface area contributed by atoms with Crippen molar-refractivity contribution in [2.24, 2.45) is 5.92 Å². The highest BCUT2D eigenvalue weighted by Gasteiger charge is 2.34. The molecule has 0 aliphatic carbocycles. The van der Waals surface area contributed by atoms with Crippen molar-refractivity contribution in [3.8, 4) is 5.75 Å². The number of rotatable bonds is 8. The maximum absolute atomic E-state index is 12.9. The fraction of sp³-hybridized carbons (Fsp3) is 0.636. The molecule has 1 aromatic rings. The van der Waals surface area contributed by atoms with Gasteiger partial charge in [-0.15, -0.1) is 0 Å². The summed E-state index contributed by atoms with van der Waals surface area (Å²) in [6, 6.07) is 6.39. The summed E-state index contributed by atoms with van der Waals surface area (Å²) in [7, 11) is -3.62. The Kier molecular flexibility index (Phi) is 8.48. The number of amides is 2. The Bertz CT molecular complexity index is 854. The van der Waals surface area contributed by atoms with E-state index < -0.39 is 10.0 Å². The first-order chi connectivity index (χ1) is 14.5. The number of piperidine rings is 1. The standard InChI is InChI=1S/C22H35N3O5S/c1-6-24(16-20(26)23-22(3,4)5)21(27)17-12-14-25(15-13-17)31(28,29)19-10-8-18(9-11-19)30-7-2/h8-11,17H,6-7,12-16H2,1-5H3,(H,23,26). The van der Waals surface area contributed by atoms with E-state index in [4.69, 9.17) is 4.74 Å². The monoisotopic (exact) mass is 453 g/mol. The first-order valence-electron chi connectivity index (χ1n) is 10.8. The normalized spacial score (nSPS) is 16.0. The molecule has 0 atom stereocenters. The van der Waals surface area contributed by atoms with Crippen molar-refractivity contribution in [2.45, 2.75) is 57.9 Å². The highest BCUT2D eigenvalue weighted by Crippen LogP contribution is 2.26. The predicted octanol–water partition coefficient (Wildman–Crippen LogP) is 2.25. The van der Waals surface area contributed by atoms with Gasteiger partial charge in [-0.1, -0.05) is 0 Å². The lowest BCUT2D eigenvalue weighted by Crippen LogP contribution is -2.49. The number of carbonyl (C=O) groups excluding carboxylic acids is 2. The molecule has 1 N–H and O–H groups in total. The quantitative estimate of drug-likeness (QED) is 0.651. The summed E-state index contributed by atoms with van der Waals surface area (Å²) >= 11 is 0. The highest BCUT2D eigenvalue weighted by atomic mass is 32.2. The van der Waals surface area contributed by atoms with E-state index in [9.17, 15) is 18.0 Å². The van der Waals surface area contributed by atoms with Crippen LogP contribution in [0, 0.1) is 5.92 Å². The van der Waals surface area contributed by atoms with Crippen molar-refractivity contribution in [3.63, 3.8) is 0 Å². The van der Waals surface area contributed by atoms with E-state index in [1.165, 1.54) is 4.31 Å². The molecule has 0 bridgehead atoms. The molecule has 0 aromatic heterocycles. The van der Waals surface area contributed by atoms with E-state index in [1.807, 2.05) is 34.6 Å². The number of ether oxygens (including phenoxy) is 1. The van der Waals surface area contributed by atoms with Gasteiger partial charge in [0.15, 0.2) is 0 Å². The van der Waals surface area contributed by atoms with E-state index >= 15 is 0 Å². The Hall–Kier alpha value is -2.13. The molecule has 2 amide bonds. The van der Waals surface area contributed by atoms with Crippen LogP contribution in [0.4, 0.5) is 0 Å². The van der Waals surface area contributed by atoms with Gasteiger partial charge in [0.05, 0.1) is 18.0 Å². The molecule has 1 fully saturated rings. The maximum Gasteiger partial charge on any atom is 0.243 e. The molecular formula is C22H35N3O5S. The SMILES string of the molecule is CCOc1ccc(S(=O)(=O)N2CCC(C(=O)N(CC)CC(=O)NC(C)(C)C)CC2)cc1. The first kappa shape index (κ1) is 25.1. The van der Waals surface area contributed by atoms with E-state index in [0.29, 0.717) is 31.7 Å². The fourth-order valence-corrected chi connectivity index (χ4v) is 5.07. The number of sulfonamides is 1. The molecule has 2 rings (SSSR count). The summed E-state index contributed by atoms with van der Waals surface area (Å²) in [5, 5.41) is 2.87. The van der Waals surface area contributed by atoms with Gasteiger partial charge >= 0.3 is 0 Å². The number of likely N-dealkylation sites (N-methyl/N-ethyl adjacent to an activating group) is 1. The number of carbonyl (C=O) groups is 2. The van der Waals surface area contributed by atoms with E-state index in [2.05, 4.69) is 5.32 Å². The topological polar surface area (TPSA) is 96.0 Å². The van der Waals surface area contributed by atoms with Crippen LogP contribution in [0.5, 0.6) is 5.75 Å². The second-order valence-electron chi connectivity index (χ2n) is 8.73. The van der Waals surface area contributed by atoms with E-state index in [1.54, 1.807) is 29.2 Å². The zero-order valence-corrected chi connectivity index (χ0v) is 20.0. The molecule has 1 aromatic carbocycles. The van der Waals surface area contributed by atoms with Crippen molar-refractivity contribution in [1.82, 2.24) is 14.5 Å². The lowest BCUT2D eigenvalue weighted by Gasteiger charge is -2.33. The average Bonchev–Trinajstić information content (AvgIpc) is 2.71. The molecule has 0 radical (unpaired) electrons. The summed E-state index contributed by atoms with van der Waals surface area (Å²) in [5.74, 6) is 0.0537. The third-order valence-electron chi connectivity index (χ3n) is 5.12. The molecule has 1 saturated heterocycles. The van der Waals surface area contributed by atoms with Crippen molar-refractivity contribution < 1.29 is 22.7 Å². The second-order valence-corrected chi connectivity index (χ2v) is 10.7. The third kappa shape index (κ3) is 6.93. The highest BCUT2D eigenvalue weighted by molar-refractivity contribution is 7.89. The van der Waals surface area contributed by atoms with Gasteiger partial charge in [-0.05, 0) is 71.7 Å². The lowest BCUT2D eigenvalue weighted by atomic mass is 9.96. The minimum atomic E-state index is -3.62. The molecule has 1 aliphatic heterocycles. The van der Waals surface area contributed by atoms with Crippen LogP contribution >= 0.6 is 0 Å². The number of nitrogens with zero attached hydrogens (tertiary/aromatic N) is 2. The minimum Gasteiger partial charge on any atom is -0.494 e. The molecule has 8 nitrogen and oxygen atoms in total. The van der Waals surface area contributed by atoms with E-state index in [0.717, 1.165) is 0 Å². The van der Waals surface area contributed by atoms with Gasteiger partial charge in [0.2, 0.25) is 21.8 Å². The van der Waals surface area contributed by atoms with Gasteiger partial charge in [-0.3, -0.25) is 9.59 Å². The van der Waals surface area contributed by atoms with Crippen LogP contribution in [-0.2, 0) is 19.6 Å². The van der Waals surface area contributed by atoms with Crippen LogP contribution in [0.1, 0.15) is 47.5 Å². The Morgan fingerprint density at radius 3 is 2.19 bits per heavy atom. The average molecular weight is 454 g/mol. The number of hydrogen-bond donors (Lipinski definition) is 1. The summed E-state index contributed by atoms with van der Waals surface area (Å²) in [5.41, 5.74) is -0.361. The summed E-state index contributed by atoms with van der Waals surface area (Å²) < 4.78 is 32.7. The van der Waals surface area contributed by atoms with Gasteiger partial charge in [0.25, 0.3) is 0 Å². The smallest absolute Gasteiger partial charge is 0.243 e. The van der Waals surface area contributed by atoms with Crippen molar-refractivity contribution in [3.05, 3.63) is 24.3 Å². The first-order valence-corrected chi connectivity index (χ1v) is 12.2. The van der Waals surface area contributed by atoms with Gasteiger partial charge in [-0.25, -0.2) is 8.42 Å². The Morgan fingerprint density at radius 2 is 1.71 bits per heavy atom. The summed E-state index contributed by atoms with van der Waals surface area (Å²) in [4.78, 5) is 26.9. The fourth-order valence-electron chi connectivity index (χ4n) is 3.60. The van der Waals surface area contributed by atoms with Crippen LogP contribution in [0.3, 0.4) is 0 Å². The van der Waals surface area contributed by atoms with Gasteiger partial charge in [0, 0.05) is 31.1 Å². The number of hydrogen-bond acceptors (Lipinski definition) is 5. The molecule has 0 unspecified atom stereocenters. The van der Waals surface area contributed by atoms with Crippen LogP contribution in [0.15, 0.2) is 29.2 Å². The summed E-state index contributed by atoms with van der Waals surface area (Å²) in [6.45, 7) is 10.9. The second kappa shape index (κ2) is 10.5. The van der Waals surface area contributed by atoms with Gasteiger partial charge in [-0.2, -0.15) is 4.31 Å². The van der Waals surface area contributed by atoms with Crippen LogP contribution in [0.2, 0.25) is 0 Å². The lowest BCUT2D eigenvalue weighted by molar-refractivity contribution is -0.140. The predicted molar refractivity (Wildman–Crippen MR) is 119 cm³/mol. The Morgan fingerprint density at radius 1 is 1.13 bits per heavy atom. The zero-order valence-electron chi connectivity index (χ0n) is 19.2. The molecule has 0 spiro atoms. The van der Waals surface area contributed by atoms with Crippen LogP contribution in [-0.4, -0.2) is 67.8 Å². The van der Waals surface area contributed by atoms with Crippen LogP contribution < -0.4 is 10.1 Å². The van der Waals surface area contributed by atoms with Crippen LogP contribution in [0.25, 0.3) is 0 Å². The van der Waals surface area contributed by atoms with Gasteiger partial charge in [0.1, 0.15) is 5.75 Å². The van der Waals surface area contributed by atoms with Crippen molar-refractivity contribution >= 4 is 21.8 Å². The minimum absolute atomic E-state index is 0.0112. The van der Waals surface area contributed by atoms with Crippen molar-refractivity contribution in [2.75, 3.05) is 32.8 Å². The number of benzene rings is 1. The largest absolute Gasteiger partial charge is 0.494 e. The molecular weight excluding hydrogens is 418 g/mol. The van der Waals surface area contributed by atoms with Gasteiger partial charge < -0.3 is 15.0 Å². The molecule has 174 valence electrons. The Balaban J connectivity index is 1.97. The molecule has 1 heterocycles. The van der Waals surface area contributed by atoms with E-state index in [-0.39, 0.29) is 47.8 Å². The molecule has 31 heavy (non-hydrogen) atoms. The molecule has 9 heteroatoms. The third-order valence-corrected chi connectivity index (χ3v) is 7.03.